The second kappa shape index (κ2) is 5.71. The molecular formula is C16H31N3. The maximum Gasteiger partial charge on any atom is 0.0304 e. The molecule has 19 heavy (non-hydrogen) atoms. The van der Waals surface area contributed by atoms with Crippen LogP contribution in [0.2, 0.25) is 0 Å². The highest BCUT2D eigenvalue weighted by molar-refractivity contribution is 5.01. The van der Waals surface area contributed by atoms with Gasteiger partial charge >= 0.3 is 0 Å². The molecule has 0 amide bonds. The first kappa shape index (κ1) is 13.8. The molecule has 0 bridgehead atoms. The average Bonchev–Trinajstić information content (AvgIpc) is 2.91. The summed E-state index contributed by atoms with van der Waals surface area (Å²) in [5.74, 6) is 0. The maximum atomic E-state index is 3.80. The quantitative estimate of drug-likeness (QED) is 0.843. The highest BCUT2D eigenvalue weighted by atomic mass is 15.3. The molecule has 0 aromatic heterocycles. The first-order valence-electron chi connectivity index (χ1n) is 8.51. The van der Waals surface area contributed by atoms with Crippen LogP contribution >= 0.6 is 0 Å². The Balaban J connectivity index is 1.68. The van der Waals surface area contributed by atoms with Gasteiger partial charge in [-0.25, -0.2) is 0 Å². The van der Waals surface area contributed by atoms with Crippen LogP contribution in [0, 0.1) is 0 Å². The van der Waals surface area contributed by atoms with Gasteiger partial charge in [-0.05, 0) is 38.6 Å². The van der Waals surface area contributed by atoms with Crippen molar-refractivity contribution < 1.29 is 0 Å². The number of fused-ring (bicyclic) bond motifs is 1. The van der Waals surface area contributed by atoms with Gasteiger partial charge in [0.05, 0.1) is 0 Å². The number of piperazine rings is 1. The van der Waals surface area contributed by atoms with Crippen LogP contribution in [0.4, 0.5) is 0 Å². The van der Waals surface area contributed by atoms with Crippen LogP contribution in [0.5, 0.6) is 0 Å². The Labute approximate surface area is 118 Å². The fraction of sp³-hybridized carbons (Fsp3) is 1.00. The highest BCUT2D eigenvalue weighted by Crippen LogP contribution is 2.32. The minimum absolute atomic E-state index is 0.389. The normalized spacial score (nSPS) is 36.3. The van der Waals surface area contributed by atoms with Crippen molar-refractivity contribution in [3.63, 3.8) is 0 Å². The zero-order chi connectivity index (χ0) is 13.3. The topological polar surface area (TPSA) is 18.5 Å². The molecule has 3 saturated heterocycles. The Bertz CT molecular complexity index is 300. The molecule has 0 saturated carbocycles. The van der Waals surface area contributed by atoms with E-state index < -0.39 is 0 Å². The fourth-order valence-electron chi connectivity index (χ4n) is 4.64. The summed E-state index contributed by atoms with van der Waals surface area (Å²) in [6.45, 7) is 11.1. The van der Waals surface area contributed by atoms with E-state index in [0.717, 1.165) is 12.1 Å². The summed E-state index contributed by atoms with van der Waals surface area (Å²) in [6.07, 6.45) is 8.27. The van der Waals surface area contributed by atoms with Crippen molar-refractivity contribution in [2.24, 2.45) is 0 Å². The molecule has 0 radical (unpaired) electrons. The van der Waals surface area contributed by atoms with Gasteiger partial charge in [-0.3, -0.25) is 9.80 Å². The Morgan fingerprint density at radius 3 is 2.53 bits per heavy atom. The molecule has 3 heterocycles. The van der Waals surface area contributed by atoms with E-state index in [0.29, 0.717) is 5.54 Å². The number of nitrogens with one attached hydrogen (secondary N) is 1. The van der Waals surface area contributed by atoms with Gasteiger partial charge in [0.2, 0.25) is 0 Å². The lowest BCUT2D eigenvalue weighted by atomic mass is 9.88. The van der Waals surface area contributed by atoms with Crippen molar-refractivity contribution in [1.82, 2.24) is 15.1 Å². The molecule has 110 valence electrons. The Morgan fingerprint density at radius 1 is 0.947 bits per heavy atom. The van der Waals surface area contributed by atoms with Crippen LogP contribution in [0.25, 0.3) is 0 Å². The van der Waals surface area contributed by atoms with Crippen molar-refractivity contribution in [3.05, 3.63) is 0 Å². The third-order valence-corrected chi connectivity index (χ3v) is 6.05. The first-order valence-corrected chi connectivity index (χ1v) is 8.51. The van der Waals surface area contributed by atoms with Crippen LogP contribution < -0.4 is 5.32 Å². The fourth-order valence-corrected chi connectivity index (χ4v) is 4.64. The van der Waals surface area contributed by atoms with Crippen molar-refractivity contribution in [1.29, 1.82) is 0 Å². The third kappa shape index (κ3) is 2.57. The smallest absolute Gasteiger partial charge is 0.0304 e. The third-order valence-electron chi connectivity index (χ3n) is 6.05. The minimum atomic E-state index is 0.389. The lowest BCUT2D eigenvalue weighted by molar-refractivity contribution is 0.0566. The predicted molar refractivity (Wildman–Crippen MR) is 80.5 cm³/mol. The van der Waals surface area contributed by atoms with E-state index in [1.165, 1.54) is 71.2 Å². The van der Waals surface area contributed by atoms with Crippen LogP contribution in [0.15, 0.2) is 0 Å². The van der Waals surface area contributed by atoms with Gasteiger partial charge < -0.3 is 5.32 Å². The lowest BCUT2D eigenvalue weighted by Crippen LogP contribution is -2.63. The monoisotopic (exact) mass is 265 g/mol. The Hall–Kier alpha value is -0.120. The van der Waals surface area contributed by atoms with E-state index in [2.05, 4.69) is 29.0 Å². The number of hydrogen-bond donors (Lipinski definition) is 1. The molecule has 3 aliphatic rings. The van der Waals surface area contributed by atoms with Gasteiger partial charge in [0.15, 0.2) is 0 Å². The minimum Gasteiger partial charge on any atom is -0.309 e. The summed E-state index contributed by atoms with van der Waals surface area (Å²) in [6, 6.07) is 1.72. The molecule has 0 aromatic rings. The van der Waals surface area contributed by atoms with Crippen LogP contribution in [0.1, 0.15) is 52.4 Å². The Morgan fingerprint density at radius 2 is 1.74 bits per heavy atom. The van der Waals surface area contributed by atoms with Crippen LogP contribution in [-0.4, -0.2) is 60.1 Å². The van der Waals surface area contributed by atoms with Crippen molar-refractivity contribution in [2.45, 2.75) is 70.0 Å². The van der Waals surface area contributed by atoms with Crippen LogP contribution in [0.3, 0.4) is 0 Å². The zero-order valence-corrected chi connectivity index (χ0v) is 12.8. The largest absolute Gasteiger partial charge is 0.309 e. The van der Waals surface area contributed by atoms with Crippen molar-refractivity contribution >= 4 is 0 Å². The molecule has 1 N–H and O–H groups in total. The highest BCUT2D eigenvalue weighted by Gasteiger charge is 2.42. The molecule has 3 nitrogen and oxygen atoms in total. The molecule has 3 rings (SSSR count). The SMILES string of the molecule is CCC1(CC)CN(C2CCN3CCCCC23)CCN1. The van der Waals surface area contributed by atoms with Crippen molar-refractivity contribution in [3.8, 4) is 0 Å². The lowest BCUT2D eigenvalue weighted by Gasteiger charge is -2.47. The average molecular weight is 265 g/mol. The number of piperidine rings is 1. The van der Waals surface area contributed by atoms with E-state index in [-0.39, 0.29) is 0 Å². The molecule has 2 unspecified atom stereocenters. The van der Waals surface area contributed by atoms with E-state index in [4.69, 9.17) is 0 Å². The predicted octanol–water partition coefficient (Wildman–Crippen LogP) is 2.08. The summed E-state index contributed by atoms with van der Waals surface area (Å²) in [4.78, 5) is 5.61. The van der Waals surface area contributed by atoms with Gasteiger partial charge in [0, 0.05) is 43.8 Å². The van der Waals surface area contributed by atoms with Gasteiger partial charge in [-0.15, -0.1) is 0 Å². The number of rotatable bonds is 3. The first-order chi connectivity index (χ1) is 9.28. The number of nitrogens with zero attached hydrogens (tertiary/aromatic N) is 2. The van der Waals surface area contributed by atoms with Gasteiger partial charge in [-0.2, -0.15) is 0 Å². The molecule has 3 fully saturated rings. The Kier molecular flexibility index (Phi) is 4.16. The van der Waals surface area contributed by atoms with Gasteiger partial charge in [0.25, 0.3) is 0 Å². The van der Waals surface area contributed by atoms with Crippen molar-refractivity contribution in [2.75, 3.05) is 32.7 Å². The molecule has 2 atom stereocenters. The van der Waals surface area contributed by atoms with Crippen LogP contribution in [-0.2, 0) is 0 Å². The summed E-state index contributed by atoms with van der Waals surface area (Å²) in [5.41, 5.74) is 0.389. The molecular weight excluding hydrogens is 234 g/mol. The maximum absolute atomic E-state index is 3.80. The van der Waals surface area contributed by atoms with E-state index in [1.807, 2.05) is 0 Å². The number of hydrogen-bond acceptors (Lipinski definition) is 3. The summed E-state index contributed by atoms with van der Waals surface area (Å²) in [5, 5.41) is 3.80. The molecule has 0 aromatic carbocycles. The van der Waals surface area contributed by atoms with Gasteiger partial charge in [0.1, 0.15) is 0 Å². The standard InChI is InChI=1S/C16H31N3/c1-3-16(4-2)13-19(12-9-17-16)15-8-11-18-10-6-5-7-14(15)18/h14-15,17H,3-13H2,1-2H3. The van der Waals surface area contributed by atoms with E-state index in [1.54, 1.807) is 0 Å². The summed E-state index contributed by atoms with van der Waals surface area (Å²) >= 11 is 0. The zero-order valence-electron chi connectivity index (χ0n) is 12.8. The second-order valence-electron chi connectivity index (χ2n) is 6.84. The molecule has 3 heteroatoms. The van der Waals surface area contributed by atoms with E-state index >= 15 is 0 Å². The second-order valence-corrected chi connectivity index (χ2v) is 6.84. The summed E-state index contributed by atoms with van der Waals surface area (Å²) < 4.78 is 0. The molecule has 0 aliphatic carbocycles. The van der Waals surface area contributed by atoms with E-state index in [9.17, 15) is 0 Å². The van der Waals surface area contributed by atoms with Gasteiger partial charge in [-0.1, -0.05) is 20.3 Å². The summed E-state index contributed by atoms with van der Waals surface area (Å²) in [7, 11) is 0. The molecule has 0 spiro atoms. The molecule has 3 aliphatic heterocycles.